The van der Waals surface area contributed by atoms with E-state index in [2.05, 4.69) is 20.4 Å². The van der Waals surface area contributed by atoms with Gasteiger partial charge >= 0.3 is 0 Å². The molecule has 1 N–H and O–H groups in total. The lowest BCUT2D eigenvalue weighted by Gasteiger charge is -2.01. The highest BCUT2D eigenvalue weighted by molar-refractivity contribution is 6.32. The van der Waals surface area contributed by atoms with Gasteiger partial charge in [0.25, 0.3) is 5.91 Å². The van der Waals surface area contributed by atoms with Crippen molar-refractivity contribution in [2.24, 2.45) is 0 Å². The maximum Gasteiger partial charge on any atom is 0.279 e. The zero-order chi connectivity index (χ0) is 11.5. The number of nitrogens with one attached hydrogen (secondary N) is 1. The average molecular weight is 239 g/mol. The van der Waals surface area contributed by atoms with Crippen molar-refractivity contribution in [2.45, 2.75) is 6.92 Å². The van der Waals surface area contributed by atoms with Crippen molar-refractivity contribution in [3.05, 3.63) is 35.1 Å². The van der Waals surface area contributed by atoms with Crippen molar-refractivity contribution in [3.8, 4) is 0 Å². The van der Waals surface area contributed by atoms with Crippen LogP contribution in [0.2, 0.25) is 5.15 Å². The molecule has 0 radical (unpaired) electrons. The number of carbonyl (C=O) groups excluding carboxylic acids is 1. The summed E-state index contributed by atoms with van der Waals surface area (Å²) >= 11 is 5.73. The molecule has 2 heterocycles. The molecule has 0 aromatic carbocycles. The topological polar surface area (TPSA) is 80.9 Å². The zero-order valence-corrected chi connectivity index (χ0v) is 9.02. The van der Waals surface area contributed by atoms with Gasteiger partial charge in [-0.05, 0) is 6.92 Å². The minimum absolute atomic E-state index is 0.121. The predicted molar refractivity (Wildman–Crippen MR) is 56.2 cm³/mol. The third-order valence-electron chi connectivity index (χ3n) is 1.75. The Hall–Kier alpha value is -1.95. The molecule has 0 saturated heterocycles. The van der Waals surface area contributed by atoms with Crippen LogP contribution in [0.4, 0.5) is 5.82 Å². The molecule has 2 aromatic heterocycles. The summed E-state index contributed by atoms with van der Waals surface area (Å²) in [6, 6.07) is 1.51. The van der Waals surface area contributed by atoms with E-state index in [0.29, 0.717) is 5.76 Å². The SMILES string of the molecule is Cc1cc(C(=O)Nc2nccnc2Cl)no1. The van der Waals surface area contributed by atoms with Crippen LogP contribution >= 0.6 is 11.6 Å². The molecule has 0 bridgehead atoms. The van der Waals surface area contributed by atoms with Gasteiger partial charge < -0.3 is 9.84 Å². The molecular formula is C9H7ClN4O2. The molecule has 16 heavy (non-hydrogen) atoms. The number of amides is 1. The van der Waals surface area contributed by atoms with E-state index in [1.54, 1.807) is 6.92 Å². The van der Waals surface area contributed by atoms with Gasteiger partial charge in [-0.2, -0.15) is 0 Å². The van der Waals surface area contributed by atoms with Crippen LogP contribution in [0.15, 0.2) is 23.0 Å². The van der Waals surface area contributed by atoms with Gasteiger partial charge in [0.2, 0.25) is 0 Å². The third kappa shape index (κ3) is 2.17. The van der Waals surface area contributed by atoms with E-state index in [9.17, 15) is 4.79 Å². The van der Waals surface area contributed by atoms with Crippen LogP contribution in [0.25, 0.3) is 0 Å². The van der Waals surface area contributed by atoms with Crippen molar-refractivity contribution in [3.63, 3.8) is 0 Å². The fourth-order valence-electron chi connectivity index (χ4n) is 1.05. The Labute approximate surface area is 95.6 Å². The van der Waals surface area contributed by atoms with Gasteiger partial charge in [0.1, 0.15) is 5.76 Å². The Kier molecular flexibility index (Phi) is 2.82. The average Bonchev–Trinajstić information content (AvgIpc) is 2.68. The Morgan fingerprint density at radius 1 is 1.44 bits per heavy atom. The first-order valence-corrected chi connectivity index (χ1v) is 4.76. The van der Waals surface area contributed by atoms with Gasteiger partial charge in [-0.1, -0.05) is 16.8 Å². The second kappa shape index (κ2) is 4.28. The number of nitrogens with zero attached hydrogens (tertiary/aromatic N) is 3. The molecule has 1 amide bonds. The van der Waals surface area contributed by atoms with Crippen molar-refractivity contribution < 1.29 is 9.32 Å². The van der Waals surface area contributed by atoms with Crippen molar-refractivity contribution in [1.82, 2.24) is 15.1 Å². The largest absolute Gasteiger partial charge is 0.361 e. The number of aryl methyl sites for hydroxylation is 1. The summed E-state index contributed by atoms with van der Waals surface area (Å²) in [4.78, 5) is 19.3. The standard InChI is InChI=1S/C9H7ClN4O2/c1-5-4-6(14-16-5)9(15)13-8-7(10)11-2-3-12-8/h2-4H,1H3,(H,12,13,15). The van der Waals surface area contributed by atoms with E-state index in [-0.39, 0.29) is 16.7 Å². The first kappa shape index (κ1) is 10.6. The van der Waals surface area contributed by atoms with Gasteiger partial charge in [-0.3, -0.25) is 4.79 Å². The molecule has 0 unspecified atom stereocenters. The zero-order valence-electron chi connectivity index (χ0n) is 8.27. The first-order valence-electron chi connectivity index (χ1n) is 4.38. The Balaban J connectivity index is 2.17. The lowest BCUT2D eigenvalue weighted by atomic mass is 10.3. The molecule has 82 valence electrons. The lowest BCUT2D eigenvalue weighted by molar-refractivity contribution is 0.101. The summed E-state index contributed by atoms with van der Waals surface area (Å²) < 4.78 is 4.77. The smallest absolute Gasteiger partial charge is 0.279 e. The molecule has 0 atom stereocenters. The van der Waals surface area contributed by atoms with Crippen LogP contribution in [0.1, 0.15) is 16.2 Å². The molecule has 0 saturated carbocycles. The highest BCUT2D eigenvalue weighted by Crippen LogP contribution is 2.15. The Morgan fingerprint density at radius 3 is 2.81 bits per heavy atom. The number of rotatable bonds is 2. The summed E-state index contributed by atoms with van der Waals surface area (Å²) in [6.45, 7) is 1.69. The Morgan fingerprint density at radius 2 is 2.19 bits per heavy atom. The van der Waals surface area contributed by atoms with Gasteiger partial charge in [0.05, 0.1) is 0 Å². The molecule has 6 nitrogen and oxygen atoms in total. The fraction of sp³-hybridized carbons (Fsp3) is 0.111. The van der Waals surface area contributed by atoms with E-state index < -0.39 is 5.91 Å². The summed E-state index contributed by atoms with van der Waals surface area (Å²) in [5, 5.41) is 6.16. The van der Waals surface area contributed by atoms with Gasteiger partial charge in [-0.15, -0.1) is 0 Å². The molecule has 0 aliphatic heterocycles. The molecule has 2 rings (SSSR count). The van der Waals surface area contributed by atoms with Crippen LogP contribution in [-0.2, 0) is 0 Å². The summed E-state index contributed by atoms with van der Waals surface area (Å²) in [6.07, 6.45) is 2.85. The summed E-state index contributed by atoms with van der Waals surface area (Å²) in [5.74, 6) is 0.296. The number of hydrogen-bond donors (Lipinski definition) is 1. The van der Waals surface area contributed by atoms with E-state index in [1.165, 1.54) is 18.5 Å². The minimum Gasteiger partial charge on any atom is -0.361 e. The highest BCUT2D eigenvalue weighted by Gasteiger charge is 2.13. The molecule has 0 spiro atoms. The number of carbonyl (C=O) groups is 1. The van der Waals surface area contributed by atoms with E-state index >= 15 is 0 Å². The number of halogens is 1. The predicted octanol–water partition coefficient (Wildman–Crippen LogP) is 1.68. The normalized spacial score (nSPS) is 10.1. The van der Waals surface area contributed by atoms with Crippen molar-refractivity contribution >= 4 is 23.3 Å². The molecule has 2 aromatic rings. The Bertz CT molecular complexity index is 526. The van der Waals surface area contributed by atoms with Crippen LogP contribution in [0, 0.1) is 6.92 Å². The van der Waals surface area contributed by atoms with Crippen LogP contribution < -0.4 is 5.32 Å². The number of aromatic nitrogens is 3. The second-order valence-electron chi connectivity index (χ2n) is 2.97. The van der Waals surface area contributed by atoms with E-state index in [4.69, 9.17) is 16.1 Å². The summed E-state index contributed by atoms with van der Waals surface area (Å²) in [7, 11) is 0. The maximum atomic E-state index is 11.6. The number of hydrogen-bond acceptors (Lipinski definition) is 5. The van der Waals surface area contributed by atoms with Crippen molar-refractivity contribution in [2.75, 3.05) is 5.32 Å². The second-order valence-corrected chi connectivity index (χ2v) is 3.33. The van der Waals surface area contributed by atoms with Crippen LogP contribution in [0.5, 0.6) is 0 Å². The quantitative estimate of drug-likeness (QED) is 0.861. The third-order valence-corrected chi connectivity index (χ3v) is 2.02. The van der Waals surface area contributed by atoms with Crippen LogP contribution in [-0.4, -0.2) is 21.0 Å². The van der Waals surface area contributed by atoms with Gasteiger partial charge in [0.15, 0.2) is 16.7 Å². The molecule has 7 heteroatoms. The van der Waals surface area contributed by atoms with Gasteiger partial charge in [0, 0.05) is 18.5 Å². The maximum absolute atomic E-state index is 11.6. The van der Waals surface area contributed by atoms with E-state index in [1.807, 2.05) is 0 Å². The van der Waals surface area contributed by atoms with E-state index in [0.717, 1.165) is 0 Å². The minimum atomic E-state index is -0.445. The van der Waals surface area contributed by atoms with Crippen molar-refractivity contribution in [1.29, 1.82) is 0 Å². The number of anilines is 1. The molecular weight excluding hydrogens is 232 g/mol. The molecule has 0 aliphatic carbocycles. The lowest BCUT2D eigenvalue weighted by Crippen LogP contribution is -2.13. The first-order chi connectivity index (χ1) is 7.66. The fourth-order valence-corrected chi connectivity index (χ4v) is 1.20. The monoisotopic (exact) mass is 238 g/mol. The summed E-state index contributed by atoms with van der Waals surface area (Å²) in [5.41, 5.74) is 0.166. The van der Waals surface area contributed by atoms with Gasteiger partial charge in [-0.25, -0.2) is 9.97 Å². The molecule has 0 aliphatic rings. The highest BCUT2D eigenvalue weighted by atomic mass is 35.5. The molecule has 0 fully saturated rings. The van der Waals surface area contributed by atoms with Crippen LogP contribution in [0.3, 0.4) is 0 Å².